The number of hydrogen-bond acceptors (Lipinski definition) is 5. The van der Waals surface area contributed by atoms with Crippen molar-refractivity contribution in [3.8, 4) is 0 Å². The molecule has 0 spiro atoms. The number of nitrogens with one attached hydrogen (secondary N) is 1. The van der Waals surface area contributed by atoms with Gasteiger partial charge in [0.1, 0.15) is 9.77 Å². The van der Waals surface area contributed by atoms with Gasteiger partial charge in [-0.15, -0.1) is 11.3 Å². The molecule has 0 atom stereocenters. The van der Waals surface area contributed by atoms with E-state index in [-0.39, 0.29) is 15.7 Å². The maximum atomic E-state index is 13.1. The average molecular weight is 470 g/mol. The first-order valence-electron chi connectivity index (χ1n) is 10.6. The SMILES string of the molecule is Cc1ccc(NS(=O)(=O)c2ccsc2C(=O)N2CCN(CCc3ccccc3)CC2)cc1. The molecule has 2 aromatic carbocycles. The van der Waals surface area contributed by atoms with Gasteiger partial charge < -0.3 is 4.90 Å². The van der Waals surface area contributed by atoms with Crippen molar-refractivity contribution in [3.63, 3.8) is 0 Å². The topological polar surface area (TPSA) is 69.7 Å². The molecule has 1 aliphatic heterocycles. The van der Waals surface area contributed by atoms with E-state index in [2.05, 4.69) is 21.8 Å². The lowest BCUT2D eigenvalue weighted by molar-refractivity contribution is 0.0640. The van der Waals surface area contributed by atoms with Crippen LogP contribution in [0.1, 0.15) is 20.8 Å². The van der Waals surface area contributed by atoms with Gasteiger partial charge in [0.05, 0.1) is 0 Å². The molecule has 0 bridgehead atoms. The molecular formula is C24H27N3O3S2. The monoisotopic (exact) mass is 469 g/mol. The van der Waals surface area contributed by atoms with Crippen LogP contribution in [0.25, 0.3) is 0 Å². The van der Waals surface area contributed by atoms with Crippen LogP contribution in [0, 0.1) is 6.92 Å². The zero-order valence-corrected chi connectivity index (χ0v) is 19.7. The van der Waals surface area contributed by atoms with Crippen LogP contribution in [-0.2, 0) is 16.4 Å². The molecule has 1 saturated heterocycles. The Balaban J connectivity index is 1.37. The van der Waals surface area contributed by atoms with Crippen molar-refractivity contribution >= 4 is 33.0 Å². The van der Waals surface area contributed by atoms with Gasteiger partial charge in [-0.05, 0) is 42.5 Å². The van der Waals surface area contributed by atoms with Gasteiger partial charge in [-0.25, -0.2) is 8.42 Å². The Morgan fingerprint density at radius 3 is 2.34 bits per heavy atom. The second kappa shape index (κ2) is 9.85. The van der Waals surface area contributed by atoms with Gasteiger partial charge in [-0.1, -0.05) is 48.0 Å². The van der Waals surface area contributed by atoms with Crippen molar-refractivity contribution in [3.05, 3.63) is 82.0 Å². The molecule has 168 valence electrons. The number of amides is 1. The largest absolute Gasteiger partial charge is 0.335 e. The van der Waals surface area contributed by atoms with Crippen molar-refractivity contribution < 1.29 is 13.2 Å². The van der Waals surface area contributed by atoms with Crippen LogP contribution >= 0.6 is 11.3 Å². The molecule has 3 aromatic rings. The summed E-state index contributed by atoms with van der Waals surface area (Å²) in [5.74, 6) is -0.216. The van der Waals surface area contributed by atoms with E-state index in [9.17, 15) is 13.2 Å². The highest BCUT2D eigenvalue weighted by Gasteiger charge is 2.29. The number of benzene rings is 2. The van der Waals surface area contributed by atoms with Gasteiger partial charge in [0.2, 0.25) is 0 Å². The zero-order valence-electron chi connectivity index (χ0n) is 18.0. The molecule has 0 unspecified atom stereocenters. The number of thiophene rings is 1. The van der Waals surface area contributed by atoms with Gasteiger partial charge in [-0.2, -0.15) is 0 Å². The first-order chi connectivity index (χ1) is 15.4. The summed E-state index contributed by atoms with van der Waals surface area (Å²) < 4.78 is 28.5. The summed E-state index contributed by atoms with van der Waals surface area (Å²) in [4.78, 5) is 17.6. The van der Waals surface area contributed by atoms with Crippen molar-refractivity contribution in [2.75, 3.05) is 37.4 Å². The average Bonchev–Trinajstić information content (AvgIpc) is 3.31. The van der Waals surface area contributed by atoms with E-state index >= 15 is 0 Å². The zero-order chi connectivity index (χ0) is 22.6. The first kappa shape index (κ1) is 22.5. The highest BCUT2D eigenvalue weighted by Crippen LogP contribution is 2.26. The van der Waals surface area contributed by atoms with Gasteiger partial charge in [0.15, 0.2) is 0 Å². The number of nitrogens with zero attached hydrogens (tertiary/aromatic N) is 2. The fourth-order valence-corrected chi connectivity index (χ4v) is 6.20. The van der Waals surface area contributed by atoms with E-state index in [1.807, 2.05) is 37.3 Å². The number of carbonyl (C=O) groups is 1. The number of hydrogen-bond donors (Lipinski definition) is 1. The fraction of sp³-hybridized carbons (Fsp3) is 0.292. The molecule has 1 aliphatic rings. The summed E-state index contributed by atoms with van der Waals surface area (Å²) in [7, 11) is -3.84. The van der Waals surface area contributed by atoms with Gasteiger partial charge in [-0.3, -0.25) is 14.4 Å². The summed E-state index contributed by atoms with van der Waals surface area (Å²) in [6.45, 7) is 5.65. The van der Waals surface area contributed by atoms with Gasteiger partial charge in [0.25, 0.3) is 15.9 Å². The molecular weight excluding hydrogens is 442 g/mol. The van der Waals surface area contributed by atoms with E-state index in [0.29, 0.717) is 18.8 Å². The Hall–Kier alpha value is -2.68. The summed E-state index contributed by atoms with van der Waals surface area (Å²) in [6, 6.07) is 19.0. The fourth-order valence-electron chi connectivity index (χ4n) is 3.75. The Labute approximate surface area is 193 Å². The van der Waals surface area contributed by atoms with Crippen molar-refractivity contribution in [1.29, 1.82) is 0 Å². The lowest BCUT2D eigenvalue weighted by atomic mass is 10.1. The molecule has 4 rings (SSSR count). The molecule has 8 heteroatoms. The van der Waals surface area contributed by atoms with E-state index in [1.54, 1.807) is 22.4 Å². The molecule has 1 aromatic heterocycles. The van der Waals surface area contributed by atoms with Crippen LogP contribution in [0.15, 0.2) is 70.9 Å². The quantitative estimate of drug-likeness (QED) is 0.571. The van der Waals surface area contributed by atoms with Crippen LogP contribution in [0.2, 0.25) is 0 Å². The summed E-state index contributed by atoms with van der Waals surface area (Å²) in [6.07, 6.45) is 0.979. The second-order valence-corrected chi connectivity index (χ2v) is 10.5. The molecule has 1 fully saturated rings. The highest BCUT2D eigenvalue weighted by molar-refractivity contribution is 7.93. The predicted molar refractivity (Wildman–Crippen MR) is 129 cm³/mol. The second-order valence-electron chi connectivity index (χ2n) is 7.95. The molecule has 1 N–H and O–H groups in total. The van der Waals surface area contributed by atoms with E-state index in [1.165, 1.54) is 23.0 Å². The third kappa shape index (κ3) is 5.38. The normalized spacial score (nSPS) is 15.0. The van der Waals surface area contributed by atoms with E-state index in [0.717, 1.165) is 31.6 Å². The molecule has 0 radical (unpaired) electrons. The lowest BCUT2D eigenvalue weighted by Gasteiger charge is -2.34. The number of sulfonamides is 1. The molecule has 1 amide bonds. The summed E-state index contributed by atoms with van der Waals surface area (Å²) >= 11 is 1.18. The highest BCUT2D eigenvalue weighted by atomic mass is 32.2. The van der Waals surface area contributed by atoms with Gasteiger partial charge in [0, 0.05) is 38.4 Å². The number of aryl methyl sites for hydroxylation is 1. The van der Waals surface area contributed by atoms with Crippen LogP contribution < -0.4 is 4.72 Å². The van der Waals surface area contributed by atoms with Crippen LogP contribution in [-0.4, -0.2) is 56.8 Å². The minimum atomic E-state index is -3.84. The summed E-state index contributed by atoms with van der Waals surface area (Å²) in [5.41, 5.74) is 2.83. The number of anilines is 1. The van der Waals surface area contributed by atoms with Crippen LogP contribution in [0.4, 0.5) is 5.69 Å². The van der Waals surface area contributed by atoms with Crippen molar-refractivity contribution in [2.24, 2.45) is 0 Å². The smallest absolute Gasteiger partial charge is 0.265 e. The molecule has 6 nitrogen and oxygen atoms in total. The maximum Gasteiger partial charge on any atom is 0.265 e. The van der Waals surface area contributed by atoms with Crippen LogP contribution in [0.3, 0.4) is 0 Å². The summed E-state index contributed by atoms with van der Waals surface area (Å²) in [5, 5.41) is 1.66. The predicted octanol–water partition coefficient (Wildman–Crippen LogP) is 3.86. The number of rotatable bonds is 7. The van der Waals surface area contributed by atoms with E-state index in [4.69, 9.17) is 0 Å². The Morgan fingerprint density at radius 1 is 0.969 bits per heavy atom. The molecule has 2 heterocycles. The Morgan fingerprint density at radius 2 is 1.66 bits per heavy atom. The standard InChI is InChI=1S/C24H27N3O3S2/c1-19-7-9-21(10-8-19)25-32(29,30)22-12-18-31-23(22)24(28)27-16-14-26(15-17-27)13-11-20-5-3-2-4-6-20/h2-10,12,18,25H,11,13-17H2,1H3. The third-order valence-electron chi connectivity index (χ3n) is 5.64. The minimum absolute atomic E-state index is 0.0413. The number of piperazine rings is 1. The maximum absolute atomic E-state index is 13.1. The van der Waals surface area contributed by atoms with Crippen molar-refractivity contribution in [2.45, 2.75) is 18.2 Å². The Kier molecular flexibility index (Phi) is 6.93. The molecule has 0 saturated carbocycles. The van der Waals surface area contributed by atoms with Gasteiger partial charge >= 0.3 is 0 Å². The van der Waals surface area contributed by atoms with Crippen molar-refractivity contribution in [1.82, 2.24) is 9.80 Å². The first-order valence-corrected chi connectivity index (χ1v) is 13.0. The molecule has 32 heavy (non-hydrogen) atoms. The lowest BCUT2D eigenvalue weighted by Crippen LogP contribution is -2.49. The Bertz CT molecular complexity index is 1150. The number of carbonyl (C=O) groups excluding carboxylic acids is 1. The third-order valence-corrected chi connectivity index (χ3v) is 8.09. The van der Waals surface area contributed by atoms with Crippen LogP contribution in [0.5, 0.6) is 0 Å². The minimum Gasteiger partial charge on any atom is -0.335 e. The van der Waals surface area contributed by atoms with E-state index < -0.39 is 10.0 Å². The molecule has 0 aliphatic carbocycles.